The molecular weight excluding hydrogens is 379 g/mol. The molecule has 29 heavy (non-hydrogen) atoms. The van der Waals surface area contributed by atoms with Crippen molar-refractivity contribution >= 4 is 16.7 Å². The molecule has 0 aliphatic rings. The van der Waals surface area contributed by atoms with E-state index in [0.717, 1.165) is 29.5 Å². The molecule has 1 aromatic heterocycles. The molecule has 0 aliphatic carbocycles. The van der Waals surface area contributed by atoms with Crippen LogP contribution >= 0.6 is 0 Å². The van der Waals surface area contributed by atoms with Crippen LogP contribution < -0.4 is 0 Å². The summed E-state index contributed by atoms with van der Waals surface area (Å²) in [7, 11) is 1.64. The third kappa shape index (κ3) is 5.01. The van der Waals surface area contributed by atoms with Gasteiger partial charge in [0.2, 0.25) is 0 Å². The highest BCUT2D eigenvalue weighted by atomic mass is 19.4. The first-order valence-electron chi connectivity index (χ1n) is 9.39. The van der Waals surface area contributed by atoms with Crippen LogP contribution in [0.25, 0.3) is 22.0 Å². The molecule has 3 aromatic rings. The molecule has 3 rings (SSSR count). The fourth-order valence-electron chi connectivity index (χ4n) is 3.27. The van der Waals surface area contributed by atoms with Crippen molar-refractivity contribution in [2.75, 3.05) is 13.7 Å². The molecule has 152 valence electrons. The van der Waals surface area contributed by atoms with Gasteiger partial charge in [-0.2, -0.15) is 13.2 Å². The molecule has 0 unspecified atom stereocenters. The monoisotopic (exact) mass is 401 g/mol. The number of nitrogens with zero attached hydrogens (tertiary/aromatic N) is 1. The Morgan fingerprint density at radius 2 is 1.79 bits per heavy atom. The highest BCUT2D eigenvalue weighted by Crippen LogP contribution is 2.33. The van der Waals surface area contributed by atoms with Crippen LogP contribution in [0.1, 0.15) is 35.8 Å². The van der Waals surface area contributed by atoms with E-state index in [4.69, 9.17) is 4.74 Å². The first kappa shape index (κ1) is 21.0. The first-order valence-corrected chi connectivity index (χ1v) is 9.39. The van der Waals surface area contributed by atoms with E-state index in [1.807, 2.05) is 13.0 Å². The summed E-state index contributed by atoms with van der Waals surface area (Å²) in [5.74, 6) is 0.255. The summed E-state index contributed by atoms with van der Waals surface area (Å²) in [6, 6.07) is 14.0. The minimum atomic E-state index is -4.37. The average Bonchev–Trinajstić information content (AvgIpc) is 2.71. The number of carbonyl (C=O) groups is 1. The average molecular weight is 401 g/mol. The Balaban J connectivity index is 1.86. The molecule has 0 fully saturated rings. The van der Waals surface area contributed by atoms with Crippen LogP contribution in [-0.4, -0.2) is 24.5 Å². The number of ketones is 1. The number of pyridine rings is 1. The second-order valence-electron chi connectivity index (χ2n) is 7.17. The zero-order valence-corrected chi connectivity index (χ0v) is 16.3. The highest BCUT2D eigenvalue weighted by molar-refractivity contribution is 5.99. The Labute approximate surface area is 167 Å². The van der Waals surface area contributed by atoms with Gasteiger partial charge in [-0.1, -0.05) is 31.2 Å². The van der Waals surface area contributed by atoms with Crippen molar-refractivity contribution in [1.82, 2.24) is 4.98 Å². The van der Waals surface area contributed by atoms with E-state index in [9.17, 15) is 18.0 Å². The third-order valence-corrected chi connectivity index (χ3v) is 4.86. The molecule has 0 saturated heterocycles. The number of rotatable bonds is 7. The van der Waals surface area contributed by atoms with Gasteiger partial charge in [-0.05, 0) is 53.8 Å². The number of aromatic nitrogens is 1. The lowest BCUT2D eigenvalue weighted by molar-refractivity contribution is -0.137. The molecule has 1 atom stereocenters. The highest BCUT2D eigenvalue weighted by Gasteiger charge is 2.30. The maximum atomic E-state index is 12.8. The summed E-state index contributed by atoms with van der Waals surface area (Å²) in [6.45, 7) is 2.63. The van der Waals surface area contributed by atoms with Gasteiger partial charge >= 0.3 is 6.18 Å². The van der Waals surface area contributed by atoms with E-state index >= 15 is 0 Å². The van der Waals surface area contributed by atoms with Crippen molar-refractivity contribution in [1.29, 1.82) is 0 Å². The Bertz CT molecular complexity index is 997. The maximum Gasteiger partial charge on any atom is 0.416 e. The fraction of sp³-hybridized carbons (Fsp3) is 0.304. The number of halogens is 3. The van der Waals surface area contributed by atoms with Gasteiger partial charge in [0.1, 0.15) is 5.69 Å². The molecule has 3 nitrogen and oxygen atoms in total. The number of hydrogen-bond donors (Lipinski definition) is 0. The SMILES string of the molecule is COC[C@H](C)CCC(=O)c1ccc2c(-c3ccc(C(F)(F)F)cc3)cccc2n1. The lowest BCUT2D eigenvalue weighted by Crippen LogP contribution is -2.08. The molecule has 0 spiro atoms. The number of benzene rings is 2. The summed E-state index contributed by atoms with van der Waals surface area (Å²) < 4.78 is 43.5. The largest absolute Gasteiger partial charge is 0.416 e. The van der Waals surface area contributed by atoms with E-state index in [1.165, 1.54) is 12.1 Å². The van der Waals surface area contributed by atoms with Gasteiger partial charge in [-0.25, -0.2) is 4.98 Å². The molecular formula is C23H22F3NO2. The third-order valence-electron chi connectivity index (χ3n) is 4.86. The Hall–Kier alpha value is -2.73. The normalized spacial score (nSPS) is 12.9. The Morgan fingerprint density at radius 1 is 1.07 bits per heavy atom. The topological polar surface area (TPSA) is 39.2 Å². The van der Waals surface area contributed by atoms with Crippen LogP contribution in [0, 0.1) is 5.92 Å². The van der Waals surface area contributed by atoms with Crippen LogP contribution in [0.2, 0.25) is 0 Å². The smallest absolute Gasteiger partial charge is 0.384 e. The van der Waals surface area contributed by atoms with Crippen LogP contribution in [0.3, 0.4) is 0 Å². The molecule has 2 aromatic carbocycles. The lowest BCUT2D eigenvalue weighted by Gasteiger charge is -2.11. The van der Waals surface area contributed by atoms with E-state index in [0.29, 0.717) is 29.8 Å². The summed E-state index contributed by atoms with van der Waals surface area (Å²) in [5, 5.41) is 0.788. The number of hydrogen-bond acceptors (Lipinski definition) is 3. The number of Topliss-reactive ketones (excluding diaryl/α,β-unsaturated/α-hetero) is 1. The minimum Gasteiger partial charge on any atom is -0.384 e. The quantitative estimate of drug-likeness (QED) is 0.445. The number of methoxy groups -OCH3 is 1. The van der Waals surface area contributed by atoms with Crippen LogP contribution in [0.4, 0.5) is 13.2 Å². The van der Waals surface area contributed by atoms with E-state index < -0.39 is 11.7 Å². The van der Waals surface area contributed by atoms with Gasteiger partial charge in [-0.3, -0.25) is 4.79 Å². The molecule has 6 heteroatoms. The summed E-state index contributed by atoms with van der Waals surface area (Å²) >= 11 is 0. The standard InChI is InChI=1S/C23H22F3NO2/c1-15(14-29-2)6-13-22(28)21-12-11-19-18(4-3-5-20(19)27-21)16-7-9-17(10-8-16)23(24,25)26/h3-5,7-12,15H,6,13-14H2,1-2H3/t15-/m1/s1. The number of alkyl halides is 3. The van der Waals surface area contributed by atoms with E-state index in [2.05, 4.69) is 4.98 Å². The van der Waals surface area contributed by atoms with Gasteiger partial charge in [0, 0.05) is 25.5 Å². The van der Waals surface area contributed by atoms with Crippen molar-refractivity contribution in [3.63, 3.8) is 0 Å². The zero-order chi connectivity index (χ0) is 21.0. The van der Waals surface area contributed by atoms with Crippen LogP contribution in [-0.2, 0) is 10.9 Å². The summed E-state index contributed by atoms with van der Waals surface area (Å²) in [6.07, 6.45) is -3.26. The van der Waals surface area contributed by atoms with Crippen LogP contribution in [0.15, 0.2) is 54.6 Å². The van der Waals surface area contributed by atoms with Crippen LogP contribution in [0.5, 0.6) is 0 Å². The fourth-order valence-corrected chi connectivity index (χ4v) is 3.27. The second kappa shape index (κ2) is 8.74. The Morgan fingerprint density at radius 3 is 2.45 bits per heavy atom. The van der Waals surface area contributed by atoms with Gasteiger partial charge in [0.15, 0.2) is 5.78 Å². The van der Waals surface area contributed by atoms with Crippen molar-refractivity contribution < 1.29 is 22.7 Å². The molecule has 0 N–H and O–H groups in total. The van der Waals surface area contributed by atoms with Gasteiger partial charge in [-0.15, -0.1) is 0 Å². The predicted octanol–water partition coefficient (Wildman–Crippen LogP) is 6.17. The Kier molecular flexibility index (Phi) is 6.33. The van der Waals surface area contributed by atoms with E-state index in [1.54, 1.807) is 31.4 Å². The summed E-state index contributed by atoms with van der Waals surface area (Å²) in [5.41, 5.74) is 1.79. The molecule has 1 heterocycles. The van der Waals surface area contributed by atoms with Crippen molar-refractivity contribution in [2.45, 2.75) is 25.9 Å². The van der Waals surface area contributed by atoms with Gasteiger partial charge in [0.25, 0.3) is 0 Å². The minimum absolute atomic E-state index is 0.0326. The maximum absolute atomic E-state index is 12.8. The lowest BCUT2D eigenvalue weighted by atomic mass is 9.98. The summed E-state index contributed by atoms with van der Waals surface area (Å²) in [4.78, 5) is 17.0. The van der Waals surface area contributed by atoms with E-state index in [-0.39, 0.29) is 11.7 Å². The van der Waals surface area contributed by atoms with Crippen molar-refractivity contribution in [3.8, 4) is 11.1 Å². The van der Waals surface area contributed by atoms with Crippen molar-refractivity contribution in [3.05, 3.63) is 65.9 Å². The second-order valence-corrected chi connectivity index (χ2v) is 7.17. The van der Waals surface area contributed by atoms with Gasteiger partial charge < -0.3 is 4.74 Å². The predicted molar refractivity (Wildman–Crippen MR) is 107 cm³/mol. The first-order chi connectivity index (χ1) is 13.8. The van der Waals surface area contributed by atoms with Crippen molar-refractivity contribution in [2.24, 2.45) is 5.92 Å². The zero-order valence-electron chi connectivity index (χ0n) is 16.3. The molecule has 0 aliphatic heterocycles. The number of ether oxygens (including phenoxy) is 1. The molecule has 0 radical (unpaired) electrons. The van der Waals surface area contributed by atoms with Gasteiger partial charge in [0.05, 0.1) is 11.1 Å². The molecule has 0 bridgehead atoms. The number of carbonyl (C=O) groups excluding carboxylic acids is 1. The number of fused-ring (bicyclic) bond motifs is 1. The molecule has 0 saturated carbocycles. The molecule has 0 amide bonds.